The summed E-state index contributed by atoms with van der Waals surface area (Å²) in [5.74, 6) is -0.521. The van der Waals surface area contributed by atoms with E-state index in [9.17, 15) is 9.18 Å². The number of fused-ring (bicyclic) bond motifs is 1. The number of nitrogens with zero attached hydrogens (tertiary/aromatic N) is 1. The first-order valence-electron chi connectivity index (χ1n) is 6.71. The predicted octanol–water partition coefficient (Wildman–Crippen LogP) is 4.50. The van der Waals surface area contributed by atoms with Crippen molar-refractivity contribution in [1.82, 2.24) is 9.97 Å². The van der Waals surface area contributed by atoms with E-state index in [4.69, 9.17) is 0 Å². The minimum Gasteiger partial charge on any atom is -0.333 e. The Morgan fingerprint density at radius 2 is 2.00 bits per heavy atom. The maximum atomic E-state index is 12.8. The topological polar surface area (TPSA) is 45.8 Å². The Kier molecular flexibility index (Phi) is 4.06. The number of nitrogens with one attached hydrogen (secondary N) is 1. The number of rotatable bonds is 4. The highest BCUT2D eigenvalue weighted by molar-refractivity contribution is 8.02. The third-order valence-electron chi connectivity index (χ3n) is 3.14. The number of allylic oxidation sites excluding steroid dienone is 1. The van der Waals surface area contributed by atoms with E-state index in [0.717, 1.165) is 21.8 Å². The van der Waals surface area contributed by atoms with Crippen LogP contribution < -0.4 is 0 Å². The summed E-state index contributed by atoms with van der Waals surface area (Å²) in [6.45, 7) is 2.02. The number of aromatic amines is 1. The minimum absolute atomic E-state index is 0.167. The van der Waals surface area contributed by atoms with Crippen molar-refractivity contribution in [2.24, 2.45) is 0 Å². The van der Waals surface area contributed by atoms with Crippen molar-refractivity contribution in [1.29, 1.82) is 0 Å². The van der Waals surface area contributed by atoms with Gasteiger partial charge in [-0.1, -0.05) is 17.8 Å². The Bertz CT molecular complexity index is 853. The number of hydrogen-bond donors (Lipinski definition) is 1. The summed E-state index contributed by atoms with van der Waals surface area (Å²) in [6.07, 6.45) is 1.45. The number of carbonyl (C=O) groups excluding carboxylic acids is 1. The molecule has 0 aliphatic heterocycles. The van der Waals surface area contributed by atoms with Crippen LogP contribution >= 0.6 is 11.8 Å². The van der Waals surface area contributed by atoms with E-state index >= 15 is 0 Å². The molecule has 0 aliphatic rings. The lowest BCUT2D eigenvalue weighted by molar-refractivity contribution is 0.104. The summed E-state index contributed by atoms with van der Waals surface area (Å²) in [4.78, 5) is 19.5. The van der Waals surface area contributed by atoms with Crippen LogP contribution in [0.5, 0.6) is 0 Å². The van der Waals surface area contributed by atoms with Crippen molar-refractivity contribution in [2.45, 2.75) is 12.1 Å². The quantitative estimate of drug-likeness (QED) is 0.438. The van der Waals surface area contributed by atoms with E-state index in [2.05, 4.69) is 9.97 Å². The number of carbonyl (C=O) groups is 1. The van der Waals surface area contributed by atoms with Crippen LogP contribution in [0.25, 0.3) is 11.0 Å². The second-order valence-corrected chi connectivity index (χ2v) is 5.75. The average Bonchev–Trinajstić information content (AvgIpc) is 2.89. The molecule has 0 unspecified atom stereocenters. The molecule has 0 saturated heterocycles. The lowest BCUT2D eigenvalue weighted by Gasteiger charge is -1.94. The zero-order valence-corrected chi connectivity index (χ0v) is 12.7. The number of hydrogen-bond acceptors (Lipinski definition) is 3. The van der Waals surface area contributed by atoms with Crippen LogP contribution in [-0.2, 0) is 0 Å². The first kappa shape index (κ1) is 14.5. The molecule has 0 radical (unpaired) electrons. The zero-order valence-electron chi connectivity index (χ0n) is 11.8. The van der Waals surface area contributed by atoms with Crippen LogP contribution in [0.4, 0.5) is 4.39 Å². The third-order valence-corrected chi connectivity index (χ3v) is 3.83. The first-order chi connectivity index (χ1) is 10.6. The molecule has 22 heavy (non-hydrogen) atoms. The van der Waals surface area contributed by atoms with Crippen LogP contribution in [0.15, 0.2) is 59.1 Å². The van der Waals surface area contributed by atoms with Gasteiger partial charge in [0, 0.05) is 5.56 Å². The highest BCUT2D eigenvalue weighted by atomic mass is 32.2. The van der Waals surface area contributed by atoms with Gasteiger partial charge >= 0.3 is 0 Å². The predicted molar refractivity (Wildman–Crippen MR) is 86.6 cm³/mol. The molecule has 0 bridgehead atoms. The third kappa shape index (κ3) is 3.26. The van der Waals surface area contributed by atoms with Gasteiger partial charge in [-0.05, 0) is 60.4 Å². The van der Waals surface area contributed by atoms with Crippen molar-refractivity contribution in [2.75, 3.05) is 0 Å². The molecular formula is C17H13FN2OS. The van der Waals surface area contributed by atoms with Crippen LogP contribution in [0, 0.1) is 12.7 Å². The molecular weight excluding hydrogens is 299 g/mol. The molecule has 3 rings (SSSR count). The summed E-state index contributed by atoms with van der Waals surface area (Å²) in [6, 6.07) is 11.5. The van der Waals surface area contributed by atoms with E-state index in [0.29, 0.717) is 5.56 Å². The van der Waals surface area contributed by atoms with E-state index in [1.807, 2.05) is 25.1 Å². The number of benzene rings is 2. The summed E-state index contributed by atoms with van der Waals surface area (Å²) in [5.41, 5.74) is 3.49. The minimum atomic E-state index is -0.354. The normalized spacial score (nSPS) is 11.4. The average molecular weight is 312 g/mol. The number of H-pyrrole nitrogens is 1. The van der Waals surface area contributed by atoms with Gasteiger partial charge in [0.2, 0.25) is 0 Å². The number of aromatic nitrogens is 2. The smallest absolute Gasteiger partial charge is 0.186 e. The van der Waals surface area contributed by atoms with Gasteiger partial charge < -0.3 is 4.98 Å². The van der Waals surface area contributed by atoms with E-state index in [-0.39, 0.29) is 11.6 Å². The fourth-order valence-electron chi connectivity index (χ4n) is 2.03. The van der Waals surface area contributed by atoms with Crippen molar-refractivity contribution in [3.8, 4) is 0 Å². The van der Waals surface area contributed by atoms with Crippen LogP contribution in [0.3, 0.4) is 0 Å². The molecule has 0 saturated carbocycles. The Hall–Kier alpha value is -2.40. The maximum absolute atomic E-state index is 12.8. The van der Waals surface area contributed by atoms with Crippen molar-refractivity contribution in [3.63, 3.8) is 0 Å². The Balaban J connectivity index is 1.70. The number of imidazole rings is 1. The van der Waals surface area contributed by atoms with E-state index < -0.39 is 0 Å². The van der Waals surface area contributed by atoms with Crippen LogP contribution in [0.1, 0.15) is 15.9 Å². The second kappa shape index (κ2) is 6.15. The molecule has 3 nitrogen and oxygen atoms in total. The summed E-state index contributed by atoms with van der Waals surface area (Å²) in [7, 11) is 0. The zero-order chi connectivity index (χ0) is 15.5. The standard InChI is InChI=1S/C17H13FN2OS/c1-11-2-7-14-15(10-11)20-17(19-14)22-9-8-16(21)12-3-5-13(18)6-4-12/h2-10H,1H3,(H,19,20)/b9-8+. The Labute approximate surface area is 131 Å². The van der Waals surface area contributed by atoms with Crippen LogP contribution in [-0.4, -0.2) is 15.8 Å². The van der Waals surface area contributed by atoms with Crippen molar-refractivity contribution >= 4 is 28.6 Å². The van der Waals surface area contributed by atoms with Gasteiger partial charge in [0.05, 0.1) is 11.0 Å². The molecule has 2 aromatic carbocycles. The molecule has 5 heteroatoms. The van der Waals surface area contributed by atoms with E-state index in [1.165, 1.54) is 42.1 Å². The molecule has 0 spiro atoms. The molecule has 3 aromatic rings. The van der Waals surface area contributed by atoms with Gasteiger partial charge in [0.15, 0.2) is 10.9 Å². The maximum Gasteiger partial charge on any atom is 0.186 e. The molecule has 0 aliphatic carbocycles. The number of ketones is 1. The second-order valence-electron chi connectivity index (χ2n) is 4.85. The number of halogens is 1. The van der Waals surface area contributed by atoms with E-state index in [1.54, 1.807) is 5.41 Å². The highest BCUT2D eigenvalue weighted by Crippen LogP contribution is 2.21. The summed E-state index contributed by atoms with van der Waals surface area (Å²) in [5, 5.41) is 2.40. The van der Waals surface area contributed by atoms with Gasteiger partial charge in [-0.3, -0.25) is 4.79 Å². The molecule has 0 atom stereocenters. The fraction of sp³-hybridized carbons (Fsp3) is 0.0588. The van der Waals surface area contributed by atoms with Gasteiger partial charge in [-0.2, -0.15) is 0 Å². The fourth-order valence-corrected chi connectivity index (χ4v) is 2.67. The monoisotopic (exact) mass is 312 g/mol. The number of thioether (sulfide) groups is 1. The first-order valence-corrected chi connectivity index (χ1v) is 7.59. The Morgan fingerprint density at radius 3 is 2.77 bits per heavy atom. The molecule has 1 N–H and O–H groups in total. The van der Waals surface area contributed by atoms with Gasteiger partial charge in [0.1, 0.15) is 5.82 Å². The molecule has 0 fully saturated rings. The SMILES string of the molecule is Cc1ccc2nc(S/C=C/C(=O)c3ccc(F)cc3)[nH]c2c1. The van der Waals surface area contributed by atoms with Gasteiger partial charge in [-0.25, -0.2) is 9.37 Å². The van der Waals surface area contributed by atoms with Gasteiger partial charge in [0.25, 0.3) is 0 Å². The lowest BCUT2D eigenvalue weighted by atomic mass is 10.1. The molecule has 1 heterocycles. The van der Waals surface area contributed by atoms with Gasteiger partial charge in [-0.15, -0.1) is 0 Å². The molecule has 110 valence electrons. The largest absolute Gasteiger partial charge is 0.333 e. The Morgan fingerprint density at radius 1 is 1.23 bits per heavy atom. The summed E-state index contributed by atoms with van der Waals surface area (Å²) >= 11 is 1.34. The van der Waals surface area contributed by atoms with Crippen molar-refractivity contribution < 1.29 is 9.18 Å². The van der Waals surface area contributed by atoms with Crippen molar-refractivity contribution in [3.05, 3.63) is 70.9 Å². The highest BCUT2D eigenvalue weighted by Gasteiger charge is 2.04. The number of aryl methyl sites for hydroxylation is 1. The van der Waals surface area contributed by atoms with Crippen LogP contribution in [0.2, 0.25) is 0 Å². The summed E-state index contributed by atoms with van der Waals surface area (Å²) < 4.78 is 12.8. The molecule has 1 aromatic heterocycles. The lowest BCUT2D eigenvalue weighted by Crippen LogP contribution is -1.93. The molecule has 0 amide bonds.